The summed E-state index contributed by atoms with van der Waals surface area (Å²) in [7, 11) is 0. The number of nitrogens with zero attached hydrogens (tertiary/aromatic N) is 1. The Kier molecular flexibility index (Phi) is 4.65. The van der Waals surface area contributed by atoms with Gasteiger partial charge in [-0.1, -0.05) is 49.6 Å². The van der Waals surface area contributed by atoms with Gasteiger partial charge in [0, 0.05) is 17.0 Å². The summed E-state index contributed by atoms with van der Waals surface area (Å²) in [6.45, 7) is 0. The van der Waals surface area contributed by atoms with Crippen LogP contribution >= 0.6 is 0 Å². The maximum atomic E-state index is 14.2. The molecule has 26 heavy (non-hydrogen) atoms. The fourth-order valence-corrected chi connectivity index (χ4v) is 3.68. The summed E-state index contributed by atoms with van der Waals surface area (Å²) in [6.07, 6.45) is 5.59. The molecule has 0 radical (unpaired) electrons. The maximum Gasteiger partial charge on any atom is 0.252 e. The fourth-order valence-electron chi connectivity index (χ4n) is 3.68. The third-order valence-electron chi connectivity index (χ3n) is 5.05. The van der Waals surface area contributed by atoms with Gasteiger partial charge >= 0.3 is 0 Å². The predicted octanol–water partition coefficient (Wildman–Crippen LogP) is 5.10. The molecule has 0 unspecified atom stereocenters. The molecule has 4 rings (SSSR count). The lowest BCUT2D eigenvalue weighted by atomic mass is 9.95. The Morgan fingerprint density at radius 2 is 1.73 bits per heavy atom. The van der Waals surface area contributed by atoms with E-state index in [2.05, 4.69) is 10.3 Å². The number of fused-ring (bicyclic) bond motifs is 1. The Morgan fingerprint density at radius 1 is 1.00 bits per heavy atom. The summed E-state index contributed by atoms with van der Waals surface area (Å²) >= 11 is 0. The van der Waals surface area contributed by atoms with Crippen LogP contribution in [-0.4, -0.2) is 16.9 Å². The smallest absolute Gasteiger partial charge is 0.252 e. The van der Waals surface area contributed by atoms with Crippen molar-refractivity contribution in [3.05, 3.63) is 66.0 Å². The van der Waals surface area contributed by atoms with E-state index < -0.39 is 0 Å². The molecule has 1 N–H and O–H groups in total. The first-order valence-corrected chi connectivity index (χ1v) is 9.18. The molecule has 1 aromatic heterocycles. The maximum absolute atomic E-state index is 14.2. The van der Waals surface area contributed by atoms with E-state index in [9.17, 15) is 9.18 Å². The lowest BCUT2D eigenvalue weighted by Gasteiger charge is -2.23. The summed E-state index contributed by atoms with van der Waals surface area (Å²) in [5.74, 6) is -0.443. The first-order valence-electron chi connectivity index (χ1n) is 9.18. The third-order valence-corrected chi connectivity index (χ3v) is 5.05. The summed E-state index contributed by atoms with van der Waals surface area (Å²) in [5, 5.41) is 3.95. The van der Waals surface area contributed by atoms with Gasteiger partial charge in [-0.3, -0.25) is 4.79 Å². The summed E-state index contributed by atoms with van der Waals surface area (Å²) < 4.78 is 14.2. The monoisotopic (exact) mass is 348 g/mol. The zero-order chi connectivity index (χ0) is 17.9. The number of amides is 1. The van der Waals surface area contributed by atoms with Crippen LogP contribution in [0.2, 0.25) is 0 Å². The first kappa shape index (κ1) is 16.7. The second kappa shape index (κ2) is 7.24. The molecule has 1 heterocycles. The standard InChI is InChI=1S/C22H21FN2O/c23-19-12-6-4-11-17(19)21-14-18(16-10-5-7-13-20(16)25-21)22(26)24-15-8-2-1-3-9-15/h4-7,10-15H,1-3,8-9H2,(H,24,26). The number of hydrogen-bond acceptors (Lipinski definition) is 2. The molecule has 1 aliphatic rings. The second-order valence-corrected chi connectivity index (χ2v) is 6.86. The number of halogens is 1. The number of benzene rings is 2. The highest BCUT2D eigenvalue weighted by molar-refractivity contribution is 6.07. The van der Waals surface area contributed by atoms with Crippen molar-refractivity contribution in [1.82, 2.24) is 10.3 Å². The van der Waals surface area contributed by atoms with Crippen LogP contribution in [0, 0.1) is 5.82 Å². The number of pyridine rings is 1. The molecule has 0 saturated heterocycles. The molecule has 4 heteroatoms. The zero-order valence-corrected chi connectivity index (χ0v) is 14.5. The van der Waals surface area contributed by atoms with Gasteiger partial charge in [-0.2, -0.15) is 0 Å². The van der Waals surface area contributed by atoms with Gasteiger partial charge in [0.25, 0.3) is 5.91 Å². The van der Waals surface area contributed by atoms with E-state index in [1.165, 1.54) is 12.5 Å². The number of nitrogens with one attached hydrogen (secondary N) is 1. The highest BCUT2D eigenvalue weighted by Crippen LogP contribution is 2.27. The van der Waals surface area contributed by atoms with Crippen LogP contribution in [0.4, 0.5) is 4.39 Å². The van der Waals surface area contributed by atoms with Crippen molar-refractivity contribution in [3.63, 3.8) is 0 Å². The van der Waals surface area contributed by atoms with Crippen molar-refractivity contribution in [2.75, 3.05) is 0 Å². The van der Waals surface area contributed by atoms with E-state index in [0.29, 0.717) is 22.3 Å². The van der Waals surface area contributed by atoms with Crippen molar-refractivity contribution in [3.8, 4) is 11.3 Å². The second-order valence-electron chi connectivity index (χ2n) is 6.86. The summed E-state index contributed by atoms with van der Waals surface area (Å²) in [6, 6.07) is 16.0. The largest absolute Gasteiger partial charge is 0.349 e. The number of hydrogen-bond donors (Lipinski definition) is 1. The number of para-hydroxylation sites is 1. The third kappa shape index (κ3) is 3.32. The number of aromatic nitrogens is 1. The number of carbonyl (C=O) groups is 1. The fraction of sp³-hybridized carbons (Fsp3) is 0.273. The highest BCUT2D eigenvalue weighted by atomic mass is 19.1. The number of rotatable bonds is 3. The molecule has 0 bridgehead atoms. The molecule has 132 valence electrons. The van der Waals surface area contributed by atoms with Crippen LogP contribution in [0.1, 0.15) is 42.5 Å². The van der Waals surface area contributed by atoms with Crippen LogP contribution in [0.25, 0.3) is 22.2 Å². The van der Waals surface area contributed by atoms with Crippen LogP contribution in [0.15, 0.2) is 54.6 Å². The topological polar surface area (TPSA) is 42.0 Å². The molecule has 0 atom stereocenters. The molecule has 0 aliphatic heterocycles. The molecule has 2 aromatic carbocycles. The Bertz CT molecular complexity index is 948. The van der Waals surface area contributed by atoms with E-state index in [4.69, 9.17) is 0 Å². The van der Waals surface area contributed by atoms with E-state index >= 15 is 0 Å². The van der Waals surface area contributed by atoms with Crippen LogP contribution in [0.3, 0.4) is 0 Å². The molecule has 0 spiro atoms. The van der Waals surface area contributed by atoms with Crippen LogP contribution in [-0.2, 0) is 0 Å². The normalized spacial score (nSPS) is 15.1. The Morgan fingerprint density at radius 3 is 2.54 bits per heavy atom. The van der Waals surface area contributed by atoms with Crippen LogP contribution < -0.4 is 5.32 Å². The van der Waals surface area contributed by atoms with Gasteiger partial charge in [0.05, 0.1) is 16.8 Å². The Balaban J connectivity index is 1.77. The SMILES string of the molecule is O=C(NC1CCCCC1)c1cc(-c2ccccc2F)nc2ccccc12. The van der Waals surface area contributed by atoms with Gasteiger partial charge in [-0.25, -0.2) is 9.37 Å². The van der Waals surface area contributed by atoms with Crippen molar-refractivity contribution >= 4 is 16.8 Å². The molecule has 1 fully saturated rings. The van der Waals surface area contributed by atoms with Crippen molar-refractivity contribution in [1.29, 1.82) is 0 Å². The van der Waals surface area contributed by atoms with E-state index in [1.54, 1.807) is 24.3 Å². The predicted molar refractivity (Wildman–Crippen MR) is 101 cm³/mol. The minimum atomic E-state index is -0.339. The van der Waals surface area contributed by atoms with Crippen molar-refractivity contribution < 1.29 is 9.18 Å². The van der Waals surface area contributed by atoms with Crippen LogP contribution in [0.5, 0.6) is 0 Å². The van der Waals surface area contributed by atoms with E-state index in [-0.39, 0.29) is 17.8 Å². The van der Waals surface area contributed by atoms with Crippen molar-refractivity contribution in [2.45, 2.75) is 38.1 Å². The van der Waals surface area contributed by atoms with Gasteiger partial charge in [-0.05, 0) is 37.1 Å². The Hall–Kier alpha value is -2.75. The average Bonchev–Trinajstić information content (AvgIpc) is 2.68. The quantitative estimate of drug-likeness (QED) is 0.715. The molecule has 1 amide bonds. The Labute approximate surface area is 152 Å². The van der Waals surface area contributed by atoms with Gasteiger partial charge in [0.15, 0.2) is 0 Å². The van der Waals surface area contributed by atoms with E-state index in [1.807, 2.05) is 24.3 Å². The summed E-state index contributed by atoms with van der Waals surface area (Å²) in [4.78, 5) is 17.5. The lowest BCUT2D eigenvalue weighted by Crippen LogP contribution is -2.36. The summed E-state index contributed by atoms with van der Waals surface area (Å²) in [5.41, 5.74) is 2.14. The lowest BCUT2D eigenvalue weighted by molar-refractivity contribution is 0.0929. The number of carbonyl (C=O) groups excluding carboxylic acids is 1. The zero-order valence-electron chi connectivity index (χ0n) is 14.5. The minimum absolute atomic E-state index is 0.104. The van der Waals surface area contributed by atoms with Gasteiger partial charge < -0.3 is 5.32 Å². The molecule has 1 aliphatic carbocycles. The molecular weight excluding hydrogens is 327 g/mol. The van der Waals surface area contributed by atoms with Crippen molar-refractivity contribution in [2.24, 2.45) is 0 Å². The van der Waals surface area contributed by atoms with Gasteiger partial charge in [0.1, 0.15) is 5.82 Å². The van der Waals surface area contributed by atoms with Gasteiger partial charge in [-0.15, -0.1) is 0 Å². The molecular formula is C22H21FN2O. The molecule has 3 nitrogen and oxygen atoms in total. The molecule has 3 aromatic rings. The first-order chi connectivity index (χ1) is 12.7. The highest BCUT2D eigenvalue weighted by Gasteiger charge is 2.20. The minimum Gasteiger partial charge on any atom is -0.349 e. The van der Waals surface area contributed by atoms with Gasteiger partial charge in [0.2, 0.25) is 0 Å². The average molecular weight is 348 g/mol. The molecule has 1 saturated carbocycles. The van der Waals surface area contributed by atoms with E-state index in [0.717, 1.165) is 31.1 Å².